The zero-order valence-corrected chi connectivity index (χ0v) is 7.90. The number of carbonyl (C=O) groups excluding carboxylic acids is 1. The summed E-state index contributed by atoms with van der Waals surface area (Å²) < 4.78 is 4.54. The molecule has 0 aromatic carbocycles. The van der Waals surface area contributed by atoms with E-state index in [0.717, 1.165) is 12.5 Å². The fourth-order valence-electron chi connectivity index (χ4n) is 2.37. The topological polar surface area (TPSA) is 29.5 Å². The molecular weight excluding hydrogens is 166 g/mol. The summed E-state index contributed by atoms with van der Waals surface area (Å²) in [6, 6.07) is 0.686. The summed E-state index contributed by atoms with van der Waals surface area (Å²) >= 11 is 0. The maximum atomic E-state index is 10.8. The molecule has 0 aromatic rings. The van der Waals surface area contributed by atoms with Gasteiger partial charge < -0.3 is 9.64 Å². The van der Waals surface area contributed by atoms with E-state index in [1.54, 1.807) is 0 Å². The Morgan fingerprint density at radius 2 is 2.38 bits per heavy atom. The van der Waals surface area contributed by atoms with E-state index in [0.29, 0.717) is 6.04 Å². The number of rotatable bonds is 2. The Hall–Kier alpha value is -0.990. The molecule has 13 heavy (non-hydrogen) atoms. The molecule has 1 saturated carbocycles. The van der Waals surface area contributed by atoms with Crippen LogP contribution in [0.1, 0.15) is 19.3 Å². The fraction of sp³-hybridized carbons (Fsp3) is 0.700. The second-order valence-corrected chi connectivity index (χ2v) is 3.87. The number of ether oxygens (including phenoxy) is 1. The molecule has 2 bridgehead atoms. The van der Waals surface area contributed by atoms with E-state index in [-0.39, 0.29) is 5.97 Å². The van der Waals surface area contributed by atoms with Gasteiger partial charge in [-0.05, 0) is 25.2 Å². The summed E-state index contributed by atoms with van der Waals surface area (Å²) in [6.07, 6.45) is 7.37. The van der Waals surface area contributed by atoms with Gasteiger partial charge in [-0.15, -0.1) is 0 Å². The molecule has 0 spiro atoms. The monoisotopic (exact) mass is 181 g/mol. The second kappa shape index (κ2) is 3.40. The minimum absolute atomic E-state index is 0.261. The molecular formula is C10H15NO2. The van der Waals surface area contributed by atoms with Crippen molar-refractivity contribution in [2.45, 2.75) is 25.3 Å². The number of nitrogens with zero attached hydrogens (tertiary/aromatic N) is 1. The molecule has 3 nitrogen and oxygen atoms in total. The smallest absolute Gasteiger partial charge is 0.331 e. The minimum atomic E-state index is -0.261. The molecule has 2 atom stereocenters. The van der Waals surface area contributed by atoms with Gasteiger partial charge in [0.05, 0.1) is 7.11 Å². The second-order valence-electron chi connectivity index (χ2n) is 3.87. The van der Waals surface area contributed by atoms with Crippen molar-refractivity contribution in [3.63, 3.8) is 0 Å². The van der Waals surface area contributed by atoms with Crippen molar-refractivity contribution in [3.05, 3.63) is 12.3 Å². The Balaban J connectivity index is 1.89. The van der Waals surface area contributed by atoms with Crippen molar-refractivity contribution in [3.8, 4) is 0 Å². The van der Waals surface area contributed by atoms with Gasteiger partial charge in [0.15, 0.2) is 0 Å². The van der Waals surface area contributed by atoms with Crippen molar-refractivity contribution < 1.29 is 9.53 Å². The Bertz CT molecular complexity index is 237. The fourth-order valence-corrected chi connectivity index (χ4v) is 2.37. The summed E-state index contributed by atoms with van der Waals surface area (Å²) in [7, 11) is 1.41. The molecule has 0 radical (unpaired) electrons. The molecule has 1 aliphatic heterocycles. The maximum absolute atomic E-state index is 10.8. The Kier molecular flexibility index (Phi) is 2.25. The van der Waals surface area contributed by atoms with Gasteiger partial charge in [-0.3, -0.25) is 0 Å². The molecule has 1 saturated heterocycles. The van der Waals surface area contributed by atoms with Crippen LogP contribution in [0.15, 0.2) is 12.3 Å². The third-order valence-electron chi connectivity index (χ3n) is 3.05. The molecule has 3 heteroatoms. The van der Waals surface area contributed by atoms with Gasteiger partial charge in [0, 0.05) is 24.9 Å². The highest BCUT2D eigenvalue weighted by Gasteiger charge is 2.35. The van der Waals surface area contributed by atoms with E-state index in [4.69, 9.17) is 0 Å². The van der Waals surface area contributed by atoms with Crippen LogP contribution in [-0.2, 0) is 9.53 Å². The zero-order chi connectivity index (χ0) is 9.26. The third-order valence-corrected chi connectivity index (χ3v) is 3.05. The van der Waals surface area contributed by atoms with Gasteiger partial charge in [0.1, 0.15) is 0 Å². The van der Waals surface area contributed by atoms with Gasteiger partial charge in [-0.1, -0.05) is 0 Å². The first kappa shape index (κ1) is 8.60. The molecule has 2 rings (SSSR count). The van der Waals surface area contributed by atoms with Crippen LogP contribution in [0.25, 0.3) is 0 Å². The molecule has 0 amide bonds. The van der Waals surface area contributed by atoms with Gasteiger partial charge in [-0.25, -0.2) is 4.79 Å². The highest BCUT2D eigenvalue weighted by atomic mass is 16.5. The molecule has 2 fully saturated rings. The largest absolute Gasteiger partial charge is 0.466 e. The van der Waals surface area contributed by atoms with Crippen LogP contribution in [-0.4, -0.2) is 30.6 Å². The molecule has 0 aromatic heterocycles. The lowest BCUT2D eigenvalue weighted by Gasteiger charge is -2.24. The molecule has 1 heterocycles. The van der Waals surface area contributed by atoms with Crippen LogP contribution in [0.3, 0.4) is 0 Å². The summed E-state index contributed by atoms with van der Waals surface area (Å²) in [4.78, 5) is 13.1. The number of hydrogen-bond donors (Lipinski definition) is 0. The number of esters is 1. The van der Waals surface area contributed by atoms with Crippen LogP contribution < -0.4 is 0 Å². The highest BCUT2D eigenvalue weighted by Crippen LogP contribution is 2.37. The summed E-state index contributed by atoms with van der Waals surface area (Å²) in [6.45, 7) is 1.12. The average Bonchev–Trinajstić information content (AvgIpc) is 2.74. The predicted molar refractivity (Wildman–Crippen MR) is 49.0 cm³/mol. The number of hydrogen-bond acceptors (Lipinski definition) is 3. The van der Waals surface area contributed by atoms with Crippen LogP contribution in [0.5, 0.6) is 0 Å². The summed E-state index contributed by atoms with van der Waals surface area (Å²) in [5.74, 6) is 0.607. The number of carbonyl (C=O) groups is 1. The van der Waals surface area contributed by atoms with E-state index in [1.165, 1.54) is 32.4 Å². The van der Waals surface area contributed by atoms with Gasteiger partial charge in [-0.2, -0.15) is 0 Å². The van der Waals surface area contributed by atoms with Crippen LogP contribution in [0.4, 0.5) is 0 Å². The van der Waals surface area contributed by atoms with Crippen molar-refractivity contribution in [1.82, 2.24) is 4.90 Å². The van der Waals surface area contributed by atoms with Gasteiger partial charge in [0.25, 0.3) is 0 Å². The van der Waals surface area contributed by atoms with Crippen LogP contribution >= 0.6 is 0 Å². The van der Waals surface area contributed by atoms with E-state index >= 15 is 0 Å². The molecule has 0 N–H and O–H groups in total. The lowest BCUT2D eigenvalue weighted by Crippen LogP contribution is -2.26. The van der Waals surface area contributed by atoms with E-state index in [2.05, 4.69) is 9.64 Å². The summed E-state index contributed by atoms with van der Waals surface area (Å²) in [5, 5.41) is 0. The lowest BCUT2D eigenvalue weighted by molar-refractivity contribution is -0.134. The molecule has 1 aliphatic carbocycles. The average molecular weight is 181 g/mol. The first-order valence-corrected chi connectivity index (χ1v) is 4.81. The minimum Gasteiger partial charge on any atom is -0.466 e. The van der Waals surface area contributed by atoms with Crippen molar-refractivity contribution in [2.24, 2.45) is 5.92 Å². The van der Waals surface area contributed by atoms with Crippen LogP contribution in [0, 0.1) is 5.92 Å². The number of fused-ring (bicyclic) bond motifs is 2. The Labute approximate surface area is 78.4 Å². The van der Waals surface area contributed by atoms with Gasteiger partial charge in [0.2, 0.25) is 0 Å². The normalized spacial score (nSPS) is 31.6. The van der Waals surface area contributed by atoms with E-state index < -0.39 is 0 Å². The first-order chi connectivity index (χ1) is 6.29. The molecule has 72 valence electrons. The molecule has 2 aliphatic rings. The first-order valence-electron chi connectivity index (χ1n) is 4.81. The van der Waals surface area contributed by atoms with E-state index in [1.807, 2.05) is 6.20 Å². The van der Waals surface area contributed by atoms with Crippen molar-refractivity contribution in [1.29, 1.82) is 0 Å². The lowest BCUT2D eigenvalue weighted by atomic mass is 10.1. The Morgan fingerprint density at radius 1 is 1.54 bits per heavy atom. The van der Waals surface area contributed by atoms with Gasteiger partial charge >= 0.3 is 5.97 Å². The SMILES string of the molecule is COC(=O)C=CN1CC2CCC1C2. The number of methoxy groups -OCH3 is 1. The standard InChI is InChI=1S/C10H15NO2/c1-13-10(12)4-5-11-7-8-2-3-9(11)6-8/h4-5,8-9H,2-3,6-7H2,1H3. The quantitative estimate of drug-likeness (QED) is 0.473. The number of likely N-dealkylation sites (tertiary alicyclic amines) is 1. The van der Waals surface area contributed by atoms with Crippen LogP contribution in [0.2, 0.25) is 0 Å². The predicted octanol–water partition coefficient (Wildman–Crippen LogP) is 1.16. The van der Waals surface area contributed by atoms with Crippen molar-refractivity contribution in [2.75, 3.05) is 13.7 Å². The summed E-state index contributed by atoms with van der Waals surface area (Å²) in [5.41, 5.74) is 0. The van der Waals surface area contributed by atoms with Crippen molar-refractivity contribution >= 4 is 5.97 Å². The molecule has 2 unspecified atom stereocenters. The maximum Gasteiger partial charge on any atom is 0.331 e. The highest BCUT2D eigenvalue weighted by molar-refractivity contribution is 5.81. The number of piperidine rings is 1. The zero-order valence-electron chi connectivity index (χ0n) is 7.90. The Morgan fingerprint density at radius 3 is 2.92 bits per heavy atom. The van der Waals surface area contributed by atoms with E-state index in [9.17, 15) is 4.79 Å². The third kappa shape index (κ3) is 1.69.